The minimum absolute atomic E-state index is 0.00225. The van der Waals surface area contributed by atoms with Gasteiger partial charge in [-0.1, -0.05) is 6.07 Å². The zero-order valence-electron chi connectivity index (χ0n) is 13.6. The predicted octanol–water partition coefficient (Wildman–Crippen LogP) is 1.00. The molecule has 1 saturated heterocycles. The third kappa shape index (κ3) is 3.78. The van der Waals surface area contributed by atoms with E-state index >= 15 is 0 Å². The number of nitrogens with zero attached hydrogens (tertiary/aromatic N) is 3. The second kappa shape index (κ2) is 7.60. The van der Waals surface area contributed by atoms with Gasteiger partial charge in [-0.15, -0.1) is 0 Å². The molecule has 1 aliphatic heterocycles. The van der Waals surface area contributed by atoms with Crippen molar-refractivity contribution in [1.29, 1.82) is 0 Å². The molecule has 11 nitrogen and oxygen atoms in total. The van der Waals surface area contributed by atoms with Crippen LogP contribution in [0.4, 0.5) is 17.2 Å². The number of para-hydroxylation sites is 1. The van der Waals surface area contributed by atoms with Gasteiger partial charge >= 0.3 is 11.4 Å². The second-order valence-electron chi connectivity index (χ2n) is 5.80. The Labute approximate surface area is 160 Å². The fraction of sp³-hybridized carbons (Fsp3) is 0.333. The monoisotopic (exact) mass is 442 g/mol. The van der Waals surface area contributed by atoms with Crippen molar-refractivity contribution in [2.24, 2.45) is 0 Å². The summed E-state index contributed by atoms with van der Waals surface area (Å²) >= 11 is 3.24. The van der Waals surface area contributed by atoms with Crippen LogP contribution in [0, 0.1) is 10.1 Å². The summed E-state index contributed by atoms with van der Waals surface area (Å²) in [6.45, 7) is -0.382. The Morgan fingerprint density at radius 2 is 2.22 bits per heavy atom. The Balaban J connectivity index is 1.90. The Morgan fingerprint density at radius 3 is 2.85 bits per heavy atom. The highest BCUT2D eigenvalue weighted by Crippen LogP contribution is 2.36. The quantitative estimate of drug-likeness (QED) is 0.300. The van der Waals surface area contributed by atoms with Crippen LogP contribution in [0.3, 0.4) is 0 Å². The molecule has 0 spiro atoms. The maximum absolute atomic E-state index is 12.3. The van der Waals surface area contributed by atoms with E-state index < -0.39 is 40.5 Å². The minimum atomic E-state index is -0.912. The van der Waals surface area contributed by atoms with Crippen LogP contribution in [0.15, 0.2) is 33.7 Å². The number of anilines is 2. The number of rotatable bonds is 5. The summed E-state index contributed by atoms with van der Waals surface area (Å²) < 4.78 is 6.90. The van der Waals surface area contributed by atoms with E-state index in [1.54, 1.807) is 0 Å². The predicted molar refractivity (Wildman–Crippen MR) is 95.9 cm³/mol. The molecule has 2 heterocycles. The molecule has 3 atom stereocenters. The molecule has 144 valence electrons. The number of ether oxygens (including phenoxy) is 1. The van der Waals surface area contributed by atoms with Crippen molar-refractivity contribution in [3.63, 3.8) is 0 Å². The molecule has 2 aromatic rings. The topological polar surface area (TPSA) is 160 Å². The van der Waals surface area contributed by atoms with Crippen molar-refractivity contribution in [2.45, 2.75) is 24.9 Å². The van der Waals surface area contributed by atoms with Gasteiger partial charge in [0.25, 0.3) is 0 Å². The number of phenolic OH excluding ortho intramolecular Hbond substituents is 1. The highest BCUT2D eigenvalue weighted by molar-refractivity contribution is 9.10. The minimum Gasteiger partial charge on any atom is -0.501 e. The Kier molecular flexibility index (Phi) is 5.41. The van der Waals surface area contributed by atoms with E-state index in [1.807, 2.05) is 0 Å². The smallest absolute Gasteiger partial charge is 0.351 e. The van der Waals surface area contributed by atoms with Gasteiger partial charge in [0.2, 0.25) is 5.75 Å². The van der Waals surface area contributed by atoms with Crippen LogP contribution in [0.2, 0.25) is 0 Å². The van der Waals surface area contributed by atoms with E-state index in [-0.39, 0.29) is 24.5 Å². The molecular weight excluding hydrogens is 428 g/mol. The molecule has 0 bridgehead atoms. The van der Waals surface area contributed by atoms with Crippen molar-refractivity contribution in [3.05, 3.63) is 49.5 Å². The fourth-order valence-corrected chi connectivity index (χ4v) is 3.10. The van der Waals surface area contributed by atoms with Crippen molar-refractivity contribution in [1.82, 2.24) is 9.55 Å². The average molecular weight is 443 g/mol. The molecule has 27 heavy (non-hydrogen) atoms. The molecular formula is C15H15BrN4O7. The number of nitro groups is 1. The number of phenols is 1. The molecule has 4 N–H and O–H groups in total. The van der Waals surface area contributed by atoms with Crippen LogP contribution < -0.4 is 11.0 Å². The summed E-state index contributed by atoms with van der Waals surface area (Å²) in [7, 11) is 0. The first kappa shape index (κ1) is 19.2. The van der Waals surface area contributed by atoms with E-state index in [1.165, 1.54) is 18.3 Å². The Hall–Kier alpha value is -2.54. The van der Waals surface area contributed by atoms with Gasteiger partial charge in [0.05, 0.1) is 27.8 Å². The molecule has 1 aromatic carbocycles. The number of hydrogen-bond acceptors (Lipinski definition) is 9. The number of nitro benzene ring substituents is 1. The van der Waals surface area contributed by atoms with Crippen molar-refractivity contribution in [3.8, 4) is 5.75 Å². The molecule has 0 aliphatic carbocycles. The van der Waals surface area contributed by atoms with Gasteiger partial charge in [-0.3, -0.25) is 14.7 Å². The normalized spacial score (nSPS) is 22.0. The summed E-state index contributed by atoms with van der Waals surface area (Å²) in [5.74, 6) is -0.558. The second-order valence-corrected chi connectivity index (χ2v) is 6.65. The van der Waals surface area contributed by atoms with Gasteiger partial charge in [-0.2, -0.15) is 4.98 Å². The lowest BCUT2D eigenvalue weighted by molar-refractivity contribution is -0.385. The number of hydrogen-bond donors (Lipinski definition) is 4. The molecule has 0 amide bonds. The molecule has 1 unspecified atom stereocenters. The number of aliphatic hydroxyl groups excluding tert-OH is 2. The fourth-order valence-electron chi connectivity index (χ4n) is 2.70. The number of aromatic nitrogens is 2. The summed E-state index contributed by atoms with van der Waals surface area (Å²) in [5.41, 5.74) is -1.20. The van der Waals surface area contributed by atoms with Crippen LogP contribution in [0.5, 0.6) is 5.75 Å². The largest absolute Gasteiger partial charge is 0.501 e. The van der Waals surface area contributed by atoms with E-state index in [9.17, 15) is 25.1 Å². The van der Waals surface area contributed by atoms with Crippen LogP contribution >= 0.6 is 15.9 Å². The maximum atomic E-state index is 12.3. The third-order valence-electron chi connectivity index (χ3n) is 4.07. The van der Waals surface area contributed by atoms with Gasteiger partial charge in [-0.05, 0) is 22.0 Å². The molecule has 12 heteroatoms. The van der Waals surface area contributed by atoms with E-state index in [4.69, 9.17) is 9.84 Å². The highest BCUT2D eigenvalue weighted by atomic mass is 79.9. The van der Waals surface area contributed by atoms with Crippen molar-refractivity contribution in [2.75, 3.05) is 11.9 Å². The van der Waals surface area contributed by atoms with Crippen LogP contribution in [-0.4, -0.2) is 48.6 Å². The van der Waals surface area contributed by atoms with Gasteiger partial charge in [-0.25, -0.2) is 4.79 Å². The standard InChI is InChI=1S/C15H15BrN4O7/c16-7-5-19(12-4-10(22)11(6-21)27-12)15(24)18-14(7)17-8-2-1-3-9(13(8)23)20(25)26/h1-3,5,10-12,21-23H,4,6H2,(H,17,18,24)/t10?,11-,12-/m1/s1. The summed E-state index contributed by atoms with van der Waals surface area (Å²) in [5, 5.41) is 42.5. The van der Waals surface area contributed by atoms with Crippen molar-refractivity contribution >= 4 is 33.1 Å². The van der Waals surface area contributed by atoms with Gasteiger partial charge < -0.3 is 25.4 Å². The van der Waals surface area contributed by atoms with Gasteiger partial charge in [0.15, 0.2) is 5.82 Å². The van der Waals surface area contributed by atoms with Crippen molar-refractivity contribution < 1.29 is 25.0 Å². The third-order valence-corrected chi connectivity index (χ3v) is 4.65. The first-order valence-electron chi connectivity index (χ1n) is 7.78. The Bertz CT molecular complexity index is 935. The first-order valence-corrected chi connectivity index (χ1v) is 8.57. The van der Waals surface area contributed by atoms with Crippen LogP contribution in [0.1, 0.15) is 12.6 Å². The molecule has 1 aliphatic rings. The SMILES string of the molecule is O=c1nc(Nc2cccc([N+](=O)[O-])c2O)c(Br)cn1[C@H]1CC(O)[C@@H](CO)O1. The lowest BCUT2D eigenvalue weighted by Gasteiger charge is -2.16. The van der Waals surface area contributed by atoms with Crippen LogP contribution in [-0.2, 0) is 4.74 Å². The zero-order chi connectivity index (χ0) is 19.7. The Morgan fingerprint density at radius 1 is 1.48 bits per heavy atom. The molecule has 0 radical (unpaired) electrons. The molecule has 3 rings (SSSR count). The number of aromatic hydroxyl groups is 1. The maximum Gasteiger partial charge on any atom is 0.351 e. The van der Waals surface area contributed by atoms with E-state index in [0.717, 1.165) is 10.6 Å². The summed E-state index contributed by atoms with van der Waals surface area (Å²) in [6, 6.07) is 3.91. The zero-order valence-corrected chi connectivity index (χ0v) is 15.2. The lowest BCUT2D eigenvalue weighted by atomic mass is 10.2. The summed E-state index contributed by atoms with van der Waals surface area (Å²) in [4.78, 5) is 26.3. The first-order chi connectivity index (χ1) is 12.8. The van der Waals surface area contributed by atoms with Gasteiger partial charge in [0, 0.05) is 18.7 Å². The number of aliphatic hydroxyl groups is 2. The number of benzene rings is 1. The van der Waals surface area contributed by atoms with E-state index in [2.05, 4.69) is 26.2 Å². The lowest BCUT2D eigenvalue weighted by Crippen LogP contribution is -2.28. The van der Waals surface area contributed by atoms with Gasteiger partial charge in [0.1, 0.15) is 12.3 Å². The average Bonchev–Trinajstić information content (AvgIpc) is 2.99. The molecule has 1 fully saturated rings. The highest BCUT2D eigenvalue weighted by Gasteiger charge is 2.35. The molecule has 1 aromatic heterocycles. The number of halogens is 1. The van der Waals surface area contributed by atoms with E-state index in [0.29, 0.717) is 4.47 Å². The molecule has 0 saturated carbocycles. The number of nitrogens with one attached hydrogen (secondary N) is 1. The van der Waals surface area contributed by atoms with Crippen LogP contribution in [0.25, 0.3) is 0 Å². The summed E-state index contributed by atoms with van der Waals surface area (Å²) in [6.07, 6.45) is -1.01.